The first kappa shape index (κ1) is 13.0. The summed E-state index contributed by atoms with van der Waals surface area (Å²) in [5.41, 5.74) is -2.48. The number of methoxy groups -OCH3 is 1. The van der Waals surface area contributed by atoms with E-state index < -0.39 is 34.8 Å². The van der Waals surface area contributed by atoms with E-state index in [1.54, 1.807) is 0 Å². The van der Waals surface area contributed by atoms with Gasteiger partial charge in [0.05, 0.1) is 24.2 Å². The van der Waals surface area contributed by atoms with Crippen molar-refractivity contribution in [1.29, 1.82) is 0 Å². The molecule has 0 unspecified atom stereocenters. The second kappa shape index (κ2) is 4.44. The molecule has 0 saturated heterocycles. The number of alkyl halides is 3. The molecule has 0 spiro atoms. The van der Waals surface area contributed by atoms with E-state index in [1.807, 2.05) is 0 Å². The Hall–Kier alpha value is -2.05. The van der Waals surface area contributed by atoms with Gasteiger partial charge >= 0.3 is 12.1 Å². The number of esters is 1. The van der Waals surface area contributed by atoms with Crippen LogP contribution in [0.3, 0.4) is 0 Å². The van der Waals surface area contributed by atoms with Crippen LogP contribution in [0.25, 0.3) is 0 Å². The molecule has 0 aliphatic rings. The normalized spacial score (nSPS) is 11.1. The average molecular weight is 247 g/mol. The van der Waals surface area contributed by atoms with Crippen LogP contribution < -0.4 is 5.11 Å². The molecule has 0 saturated carbocycles. The molecule has 0 bridgehead atoms. The predicted octanol–water partition coefficient (Wildman–Crippen LogP) is 0.855. The molecule has 7 heteroatoms. The standard InChI is InChI=1S/C10H7F3O4/c1-17-9(16)7-4-5(10(11,12)13)2-3-6(7)8(14)15/h2-4H,1H3,(H,14,15)/p-1. The van der Waals surface area contributed by atoms with Crippen LogP contribution >= 0.6 is 0 Å². The smallest absolute Gasteiger partial charge is 0.416 e. The van der Waals surface area contributed by atoms with Crippen molar-refractivity contribution in [3.8, 4) is 0 Å². The van der Waals surface area contributed by atoms with Crippen molar-refractivity contribution in [3.63, 3.8) is 0 Å². The van der Waals surface area contributed by atoms with Gasteiger partial charge in [-0.15, -0.1) is 0 Å². The first-order valence-corrected chi connectivity index (χ1v) is 4.28. The Morgan fingerprint density at radius 3 is 2.24 bits per heavy atom. The van der Waals surface area contributed by atoms with Gasteiger partial charge in [0, 0.05) is 5.56 Å². The van der Waals surface area contributed by atoms with E-state index in [0.29, 0.717) is 18.2 Å². The van der Waals surface area contributed by atoms with Crippen LogP contribution in [0, 0.1) is 0 Å². The van der Waals surface area contributed by atoms with Crippen molar-refractivity contribution in [2.24, 2.45) is 0 Å². The third-order valence-corrected chi connectivity index (χ3v) is 1.97. The molecule has 0 aliphatic heterocycles. The maximum atomic E-state index is 12.4. The van der Waals surface area contributed by atoms with Crippen molar-refractivity contribution in [2.75, 3.05) is 7.11 Å². The Balaban J connectivity index is 3.39. The maximum absolute atomic E-state index is 12.4. The highest BCUT2D eigenvalue weighted by Crippen LogP contribution is 2.30. The molecule has 0 fully saturated rings. The van der Waals surface area contributed by atoms with Gasteiger partial charge in [0.25, 0.3) is 0 Å². The number of hydrogen-bond donors (Lipinski definition) is 0. The second-order valence-corrected chi connectivity index (χ2v) is 3.04. The summed E-state index contributed by atoms with van der Waals surface area (Å²) in [6.07, 6.45) is -4.67. The SMILES string of the molecule is COC(=O)c1cc(C(F)(F)F)ccc1C(=O)[O-]. The summed E-state index contributed by atoms with van der Waals surface area (Å²) >= 11 is 0. The lowest BCUT2D eigenvalue weighted by molar-refractivity contribution is -0.255. The molecule has 4 nitrogen and oxygen atoms in total. The zero-order valence-corrected chi connectivity index (χ0v) is 8.50. The van der Waals surface area contributed by atoms with E-state index in [9.17, 15) is 27.9 Å². The lowest BCUT2D eigenvalue weighted by atomic mass is 10.0. The summed E-state index contributed by atoms with van der Waals surface area (Å²) in [6.45, 7) is 0. The van der Waals surface area contributed by atoms with Gasteiger partial charge in [-0.1, -0.05) is 6.07 Å². The fraction of sp³-hybridized carbons (Fsp3) is 0.200. The van der Waals surface area contributed by atoms with E-state index in [-0.39, 0.29) is 0 Å². The van der Waals surface area contributed by atoms with Crippen molar-refractivity contribution in [1.82, 2.24) is 0 Å². The summed E-state index contributed by atoms with van der Waals surface area (Å²) in [5, 5.41) is 10.6. The van der Waals surface area contributed by atoms with Crippen LogP contribution in [0.15, 0.2) is 18.2 Å². The van der Waals surface area contributed by atoms with Gasteiger partial charge in [0.1, 0.15) is 0 Å². The zero-order chi connectivity index (χ0) is 13.2. The van der Waals surface area contributed by atoms with Crippen molar-refractivity contribution in [2.45, 2.75) is 6.18 Å². The molecule has 0 aromatic heterocycles. The van der Waals surface area contributed by atoms with Gasteiger partial charge < -0.3 is 14.6 Å². The van der Waals surface area contributed by atoms with Crippen LogP contribution in [-0.4, -0.2) is 19.0 Å². The molecule has 0 amide bonds. The summed E-state index contributed by atoms with van der Waals surface area (Å²) in [7, 11) is 0.932. The third-order valence-electron chi connectivity index (χ3n) is 1.97. The van der Waals surface area contributed by atoms with Gasteiger partial charge in [0.15, 0.2) is 0 Å². The van der Waals surface area contributed by atoms with Crippen LogP contribution in [0.1, 0.15) is 26.3 Å². The van der Waals surface area contributed by atoms with Crippen LogP contribution in [0.2, 0.25) is 0 Å². The van der Waals surface area contributed by atoms with Gasteiger partial charge in [-0.05, 0) is 12.1 Å². The number of hydrogen-bond acceptors (Lipinski definition) is 4. The van der Waals surface area contributed by atoms with E-state index in [1.165, 1.54) is 0 Å². The predicted molar refractivity (Wildman–Crippen MR) is 47.1 cm³/mol. The van der Waals surface area contributed by atoms with E-state index >= 15 is 0 Å². The highest BCUT2D eigenvalue weighted by molar-refractivity contribution is 6.01. The number of carbonyl (C=O) groups excluding carboxylic acids is 2. The average Bonchev–Trinajstić information content (AvgIpc) is 2.25. The minimum absolute atomic E-state index is 0.414. The molecule has 1 rings (SSSR count). The summed E-state index contributed by atoms with van der Waals surface area (Å²) in [6, 6.07) is 1.62. The Kier molecular flexibility index (Phi) is 3.40. The maximum Gasteiger partial charge on any atom is 0.416 e. The molecule has 0 atom stereocenters. The molecular weight excluding hydrogens is 241 g/mol. The number of carboxylic acids is 1. The quantitative estimate of drug-likeness (QED) is 0.727. The largest absolute Gasteiger partial charge is 0.545 e. The molecule has 92 valence electrons. The number of carbonyl (C=O) groups is 2. The Morgan fingerprint density at radius 2 is 1.82 bits per heavy atom. The topological polar surface area (TPSA) is 66.4 Å². The van der Waals surface area contributed by atoms with E-state index in [0.717, 1.165) is 7.11 Å². The lowest BCUT2D eigenvalue weighted by Crippen LogP contribution is -2.25. The molecule has 1 aromatic carbocycles. The summed E-state index contributed by atoms with van der Waals surface area (Å²) in [4.78, 5) is 21.7. The molecule has 0 heterocycles. The Morgan fingerprint density at radius 1 is 1.24 bits per heavy atom. The highest BCUT2D eigenvalue weighted by Gasteiger charge is 2.32. The first-order chi connectivity index (χ1) is 7.77. The van der Waals surface area contributed by atoms with Crippen LogP contribution in [0.4, 0.5) is 13.2 Å². The molecule has 0 aliphatic carbocycles. The minimum Gasteiger partial charge on any atom is -0.545 e. The first-order valence-electron chi connectivity index (χ1n) is 4.28. The molecule has 0 radical (unpaired) electrons. The summed E-state index contributed by atoms with van der Waals surface area (Å²) < 4.78 is 41.3. The van der Waals surface area contributed by atoms with Gasteiger partial charge in [-0.2, -0.15) is 13.2 Å². The number of aromatic carboxylic acids is 1. The zero-order valence-electron chi connectivity index (χ0n) is 8.50. The number of benzene rings is 1. The van der Waals surface area contributed by atoms with E-state index in [2.05, 4.69) is 4.74 Å². The number of ether oxygens (including phenoxy) is 1. The monoisotopic (exact) mass is 247 g/mol. The summed E-state index contributed by atoms with van der Waals surface area (Å²) in [5.74, 6) is -2.92. The molecular formula is C10H6F3O4-. The second-order valence-electron chi connectivity index (χ2n) is 3.04. The van der Waals surface area contributed by atoms with Crippen LogP contribution in [0.5, 0.6) is 0 Å². The number of halogens is 3. The Labute approximate surface area is 93.6 Å². The third kappa shape index (κ3) is 2.74. The van der Waals surface area contributed by atoms with Crippen molar-refractivity contribution < 1.29 is 32.6 Å². The van der Waals surface area contributed by atoms with Crippen molar-refractivity contribution >= 4 is 11.9 Å². The van der Waals surface area contributed by atoms with Crippen molar-refractivity contribution in [3.05, 3.63) is 34.9 Å². The van der Waals surface area contributed by atoms with E-state index in [4.69, 9.17) is 0 Å². The Bertz CT molecular complexity index is 465. The van der Waals surface area contributed by atoms with Gasteiger partial charge in [-0.25, -0.2) is 4.79 Å². The van der Waals surface area contributed by atoms with Gasteiger partial charge in [-0.3, -0.25) is 0 Å². The highest BCUT2D eigenvalue weighted by atomic mass is 19.4. The number of carboxylic acid groups (broad SMARTS) is 1. The van der Waals surface area contributed by atoms with Gasteiger partial charge in [0.2, 0.25) is 0 Å². The fourth-order valence-corrected chi connectivity index (χ4v) is 1.18. The molecule has 0 N–H and O–H groups in total. The minimum atomic E-state index is -4.67. The van der Waals surface area contributed by atoms with Crippen LogP contribution in [-0.2, 0) is 10.9 Å². The lowest BCUT2D eigenvalue weighted by Gasteiger charge is -2.12. The molecule has 17 heavy (non-hydrogen) atoms. The fourth-order valence-electron chi connectivity index (χ4n) is 1.18. The molecule has 1 aromatic rings. The number of rotatable bonds is 2.